The number of aryl methyl sites for hydroxylation is 1. The number of carbonyl (C=O) groups is 1. The van der Waals surface area contributed by atoms with E-state index in [1.807, 2.05) is 0 Å². The van der Waals surface area contributed by atoms with Gasteiger partial charge in [-0.2, -0.15) is 4.39 Å². The Kier molecular flexibility index (Phi) is 4.14. The second-order valence-electron chi connectivity index (χ2n) is 6.09. The Morgan fingerprint density at radius 2 is 1.89 bits per heavy atom. The van der Waals surface area contributed by atoms with E-state index in [1.165, 1.54) is 53.8 Å². The van der Waals surface area contributed by atoms with Crippen molar-refractivity contribution in [3.05, 3.63) is 66.0 Å². The topological polar surface area (TPSA) is 61.4 Å². The van der Waals surface area contributed by atoms with Crippen LogP contribution in [0.25, 0.3) is 28.0 Å². The number of halogens is 3. The number of pyridine rings is 1. The summed E-state index contributed by atoms with van der Waals surface area (Å²) in [7, 11) is 2.77. The summed E-state index contributed by atoms with van der Waals surface area (Å²) >= 11 is 0. The number of hydrogen-bond donors (Lipinski definition) is 0. The summed E-state index contributed by atoms with van der Waals surface area (Å²) in [5.41, 5.74) is 0.585. The molecule has 0 atom stereocenters. The molecule has 0 amide bonds. The van der Waals surface area contributed by atoms with Crippen molar-refractivity contribution in [2.45, 2.75) is 0 Å². The molecule has 4 aromatic rings. The van der Waals surface area contributed by atoms with Crippen LogP contribution in [0.1, 0.15) is 10.4 Å². The summed E-state index contributed by atoms with van der Waals surface area (Å²) < 4.78 is 50.3. The minimum absolute atomic E-state index is 0.0173. The van der Waals surface area contributed by atoms with E-state index in [0.29, 0.717) is 5.65 Å². The maximum Gasteiger partial charge on any atom is 0.338 e. The van der Waals surface area contributed by atoms with Crippen molar-refractivity contribution in [2.75, 3.05) is 7.11 Å². The minimum atomic E-state index is -1.16. The molecular formula is C19H13F3N4O2. The molecule has 0 aliphatic carbocycles. The van der Waals surface area contributed by atoms with E-state index in [2.05, 4.69) is 14.8 Å². The molecule has 0 bridgehead atoms. The van der Waals surface area contributed by atoms with Crippen molar-refractivity contribution >= 4 is 11.6 Å². The molecule has 9 heteroatoms. The Labute approximate surface area is 156 Å². The molecule has 0 saturated heterocycles. The van der Waals surface area contributed by atoms with Gasteiger partial charge in [0.2, 0.25) is 5.95 Å². The number of benzene rings is 1. The second-order valence-corrected chi connectivity index (χ2v) is 6.09. The van der Waals surface area contributed by atoms with Crippen LogP contribution in [0.5, 0.6) is 0 Å². The SMILES string of the molecule is COC(=O)c1ccn2cc(-c3c(-c4cn(C)nc4F)ccc(F)c3F)nc2c1. The highest BCUT2D eigenvalue weighted by molar-refractivity contribution is 5.90. The van der Waals surface area contributed by atoms with Gasteiger partial charge in [-0.3, -0.25) is 4.68 Å². The Balaban J connectivity index is 1.94. The average molecular weight is 386 g/mol. The van der Waals surface area contributed by atoms with Gasteiger partial charge in [-0.05, 0) is 18.2 Å². The molecule has 0 spiro atoms. The van der Waals surface area contributed by atoms with Crippen LogP contribution in [-0.2, 0) is 11.8 Å². The first-order chi connectivity index (χ1) is 13.4. The van der Waals surface area contributed by atoms with Gasteiger partial charge in [-0.1, -0.05) is 6.07 Å². The molecule has 3 aromatic heterocycles. The Hall–Kier alpha value is -3.62. The first-order valence-corrected chi connectivity index (χ1v) is 8.14. The van der Waals surface area contributed by atoms with Gasteiger partial charge in [0, 0.05) is 36.8 Å². The number of esters is 1. The van der Waals surface area contributed by atoms with Gasteiger partial charge < -0.3 is 9.14 Å². The molecule has 4 rings (SSSR count). The smallest absolute Gasteiger partial charge is 0.338 e. The third kappa shape index (κ3) is 2.81. The average Bonchev–Trinajstić information content (AvgIpc) is 3.24. The van der Waals surface area contributed by atoms with E-state index >= 15 is 0 Å². The zero-order chi connectivity index (χ0) is 20.0. The van der Waals surface area contributed by atoms with E-state index < -0.39 is 23.6 Å². The van der Waals surface area contributed by atoms with Crippen LogP contribution in [0.3, 0.4) is 0 Å². The maximum atomic E-state index is 14.7. The lowest BCUT2D eigenvalue weighted by atomic mass is 9.99. The monoisotopic (exact) mass is 386 g/mol. The van der Waals surface area contributed by atoms with Crippen LogP contribution in [0.4, 0.5) is 13.2 Å². The lowest BCUT2D eigenvalue weighted by Crippen LogP contribution is -2.01. The van der Waals surface area contributed by atoms with Crippen molar-refractivity contribution < 1.29 is 22.7 Å². The molecule has 0 aliphatic heterocycles. The van der Waals surface area contributed by atoms with Crippen LogP contribution >= 0.6 is 0 Å². The van der Waals surface area contributed by atoms with Crippen LogP contribution < -0.4 is 0 Å². The summed E-state index contributed by atoms with van der Waals surface area (Å²) in [5, 5.41) is 3.61. The molecule has 0 unspecified atom stereocenters. The Bertz CT molecular complexity index is 1230. The summed E-state index contributed by atoms with van der Waals surface area (Å²) in [6.45, 7) is 0. The van der Waals surface area contributed by atoms with Crippen LogP contribution in [0, 0.1) is 17.6 Å². The number of aromatic nitrogens is 4. The first-order valence-electron chi connectivity index (χ1n) is 8.14. The van der Waals surface area contributed by atoms with Crippen molar-refractivity contribution in [3.8, 4) is 22.4 Å². The Morgan fingerprint density at radius 1 is 1.11 bits per heavy atom. The second kappa shape index (κ2) is 6.52. The number of ether oxygens (including phenoxy) is 1. The maximum absolute atomic E-state index is 14.7. The molecule has 1 aromatic carbocycles. The lowest BCUT2D eigenvalue weighted by Gasteiger charge is -2.08. The molecule has 3 heterocycles. The largest absolute Gasteiger partial charge is 0.465 e. The van der Waals surface area contributed by atoms with Gasteiger partial charge in [-0.15, -0.1) is 5.10 Å². The van der Waals surface area contributed by atoms with Crippen molar-refractivity contribution in [1.29, 1.82) is 0 Å². The van der Waals surface area contributed by atoms with Gasteiger partial charge in [0.15, 0.2) is 11.6 Å². The van der Waals surface area contributed by atoms with Gasteiger partial charge in [0.05, 0.1) is 23.9 Å². The molecule has 0 N–H and O–H groups in total. The fraction of sp³-hybridized carbons (Fsp3) is 0.105. The molecule has 0 fully saturated rings. The van der Waals surface area contributed by atoms with Crippen LogP contribution in [-0.4, -0.2) is 32.2 Å². The van der Waals surface area contributed by atoms with Crippen molar-refractivity contribution in [2.24, 2.45) is 7.05 Å². The number of imidazole rings is 1. The summed E-state index contributed by atoms with van der Waals surface area (Å²) in [4.78, 5) is 16.0. The molecular weight excluding hydrogens is 373 g/mol. The highest BCUT2D eigenvalue weighted by Gasteiger charge is 2.22. The van der Waals surface area contributed by atoms with Crippen molar-refractivity contribution in [3.63, 3.8) is 0 Å². The van der Waals surface area contributed by atoms with Gasteiger partial charge >= 0.3 is 5.97 Å². The molecule has 0 aliphatic rings. The molecule has 142 valence electrons. The van der Waals surface area contributed by atoms with Gasteiger partial charge in [0.25, 0.3) is 0 Å². The molecule has 6 nitrogen and oxygen atoms in total. The fourth-order valence-electron chi connectivity index (χ4n) is 3.01. The number of methoxy groups -OCH3 is 1. The number of nitrogens with zero attached hydrogens (tertiary/aromatic N) is 4. The third-order valence-electron chi connectivity index (χ3n) is 4.31. The number of carbonyl (C=O) groups excluding carboxylic acids is 1. The van der Waals surface area contributed by atoms with E-state index in [9.17, 15) is 18.0 Å². The Morgan fingerprint density at radius 3 is 2.57 bits per heavy atom. The number of fused-ring (bicyclic) bond motifs is 1. The minimum Gasteiger partial charge on any atom is -0.465 e. The molecule has 0 radical (unpaired) electrons. The first kappa shape index (κ1) is 17.8. The fourth-order valence-corrected chi connectivity index (χ4v) is 3.01. The normalized spacial score (nSPS) is 11.2. The quantitative estimate of drug-likeness (QED) is 0.505. The number of rotatable bonds is 3. The predicted octanol–water partition coefficient (Wildman–Crippen LogP) is 3.61. The van der Waals surface area contributed by atoms with Gasteiger partial charge in [0.1, 0.15) is 5.65 Å². The standard InChI is InChI=1S/C19H13F3N4O2/c1-25-8-12(18(22)24-25)11-3-4-13(20)17(21)16(11)14-9-26-6-5-10(19(27)28-2)7-15(26)23-14/h3-9H,1-2H3. The predicted molar refractivity (Wildman–Crippen MR) is 94.0 cm³/mol. The van der Waals surface area contributed by atoms with Gasteiger partial charge in [-0.25, -0.2) is 18.6 Å². The molecule has 28 heavy (non-hydrogen) atoms. The van der Waals surface area contributed by atoms with Crippen LogP contribution in [0.15, 0.2) is 42.9 Å². The summed E-state index contributed by atoms with van der Waals surface area (Å²) in [5.74, 6) is -3.61. The van der Waals surface area contributed by atoms with E-state index in [4.69, 9.17) is 0 Å². The summed E-state index contributed by atoms with van der Waals surface area (Å²) in [6.07, 6.45) is 4.38. The zero-order valence-corrected chi connectivity index (χ0v) is 14.8. The molecule has 0 saturated carbocycles. The zero-order valence-electron chi connectivity index (χ0n) is 14.8. The summed E-state index contributed by atoms with van der Waals surface area (Å²) in [6, 6.07) is 5.16. The third-order valence-corrected chi connectivity index (χ3v) is 4.31. The van der Waals surface area contributed by atoms with E-state index in [-0.39, 0.29) is 27.9 Å². The highest BCUT2D eigenvalue weighted by Crippen LogP contribution is 2.36. The van der Waals surface area contributed by atoms with E-state index in [0.717, 1.165) is 6.07 Å². The highest BCUT2D eigenvalue weighted by atomic mass is 19.2. The van der Waals surface area contributed by atoms with E-state index in [1.54, 1.807) is 6.20 Å². The van der Waals surface area contributed by atoms with Crippen LogP contribution in [0.2, 0.25) is 0 Å². The lowest BCUT2D eigenvalue weighted by molar-refractivity contribution is 0.0600. The number of hydrogen-bond acceptors (Lipinski definition) is 4. The van der Waals surface area contributed by atoms with Crippen molar-refractivity contribution in [1.82, 2.24) is 19.2 Å².